The Morgan fingerprint density at radius 3 is 2.23 bits per heavy atom. The number of nitrogens with one attached hydrogen (secondary N) is 2. The molecule has 1 saturated heterocycles. The Morgan fingerprint density at radius 1 is 0.962 bits per heavy atom. The van der Waals surface area contributed by atoms with Crippen LogP contribution in [-0.2, 0) is 0 Å². The fourth-order valence-corrected chi connectivity index (χ4v) is 3.10. The van der Waals surface area contributed by atoms with E-state index >= 15 is 0 Å². The average molecular weight is 354 g/mol. The highest BCUT2D eigenvalue weighted by Gasteiger charge is 2.19. The van der Waals surface area contributed by atoms with Crippen LogP contribution in [0.3, 0.4) is 0 Å². The number of aliphatic hydroxyl groups excluding tert-OH is 1. The summed E-state index contributed by atoms with van der Waals surface area (Å²) in [7, 11) is 0. The van der Waals surface area contributed by atoms with Gasteiger partial charge >= 0.3 is 6.03 Å². The first-order valence-corrected chi connectivity index (χ1v) is 9.01. The average Bonchev–Trinajstić information content (AvgIpc) is 2.68. The van der Waals surface area contributed by atoms with Gasteiger partial charge in [0.05, 0.1) is 6.10 Å². The zero-order valence-corrected chi connectivity index (χ0v) is 14.8. The quantitative estimate of drug-likeness (QED) is 0.742. The van der Waals surface area contributed by atoms with E-state index in [4.69, 9.17) is 0 Å². The van der Waals surface area contributed by atoms with Gasteiger partial charge in [0.1, 0.15) is 0 Å². The number of benzene rings is 2. The summed E-state index contributed by atoms with van der Waals surface area (Å²) in [4.78, 5) is 16.4. The van der Waals surface area contributed by atoms with Crippen molar-refractivity contribution in [3.63, 3.8) is 0 Å². The third kappa shape index (κ3) is 5.47. The van der Waals surface area contributed by atoms with E-state index in [0.29, 0.717) is 6.54 Å². The van der Waals surface area contributed by atoms with Crippen molar-refractivity contribution < 1.29 is 9.90 Å². The van der Waals surface area contributed by atoms with E-state index in [0.717, 1.165) is 31.9 Å². The maximum absolute atomic E-state index is 11.9. The second-order valence-electron chi connectivity index (χ2n) is 6.48. The largest absolute Gasteiger partial charge is 0.390 e. The molecule has 2 aromatic rings. The number of hydrogen-bond acceptors (Lipinski definition) is 4. The number of carbonyl (C=O) groups is 1. The normalized spacial score (nSPS) is 16.1. The molecule has 6 nitrogen and oxygen atoms in total. The maximum Gasteiger partial charge on any atom is 0.319 e. The van der Waals surface area contributed by atoms with E-state index in [9.17, 15) is 9.90 Å². The molecule has 2 aromatic carbocycles. The number of rotatable bonds is 6. The van der Waals surface area contributed by atoms with Crippen molar-refractivity contribution in [1.82, 2.24) is 10.2 Å². The van der Waals surface area contributed by atoms with Crippen LogP contribution in [0.15, 0.2) is 60.7 Å². The van der Waals surface area contributed by atoms with Gasteiger partial charge in [-0.15, -0.1) is 0 Å². The monoisotopic (exact) mass is 354 g/mol. The Balaban J connectivity index is 1.35. The molecular weight excluding hydrogens is 328 g/mol. The molecule has 2 amide bonds. The van der Waals surface area contributed by atoms with Crippen molar-refractivity contribution in [2.24, 2.45) is 0 Å². The second-order valence-corrected chi connectivity index (χ2v) is 6.48. The molecule has 138 valence electrons. The molecule has 3 N–H and O–H groups in total. The van der Waals surface area contributed by atoms with Gasteiger partial charge in [-0.1, -0.05) is 36.4 Å². The van der Waals surface area contributed by atoms with Gasteiger partial charge in [0.25, 0.3) is 0 Å². The fraction of sp³-hybridized carbons (Fsp3) is 0.350. The summed E-state index contributed by atoms with van der Waals surface area (Å²) < 4.78 is 0. The molecule has 1 aliphatic heterocycles. The lowest BCUT2D eigenvalue weighted by Gasteiger charge is -2.36. The first-order chi connectivity index (χ1) is 12.7. The third-order valence-corrected chi connectivity index (χ3v) is 4.49. The van der Waals surface area contributed by atoms with Crippen LogP contribution >= 0.6 is 0 Å². The van der Waals surface area contributed by atoms with Gasteiger partial charge in [0.2, 0.25) is 0 Å². The zero-order chi connectivity index (χ0) is 18.2. The molecule has 1 aliphatic rings. The molecular formula is C20H26N4O2. The SMILES string of the molecule is O=C(NC[C@H](O)CN1CCN(c2ccccc2)CC1)Nc1ccccc1. The predicted octanol–water partition coefficient (Wildman–Crippen LogP) is 1.99. The molecule has 26 heavy (non-hydrogen) atoms. The lowest BCUT2D eigenvalue weighted by Crippen LogP contribution is -2.50. The molecule has 3 rings (SSSR count). The highest BCUT2D eigenvalue weighted by molar-refractivity contribution is 5.89. The summed E-state index contributed by atoms with van der Waals surface area (Å²) in [5.74, 6) is 0. The molecule has 1 heterocycles. The number of piperazine rings is 1. The summed E-state index contributed by atoms with van der Waals surface area (Å²) in [5, 5.41) is 15.7. The number of hydrogen-bond donors (Lipinski definition) is 3. The highest BCUT2D eigenvalue weighted by atomic mass is 16.3. The summed E-state index contributed by atoms with van der Waals surface area (Å²) in [6.45, 7) is 4.49. The Kier molecular flexibility index (Phi) is 6.46. The van der Waals surface area contributed by atoms with E-state index in [2.05, 4.69) is 44.7 Å². The summed E-state index contributed by atoms with van der Waals surface area (Å²) in [6, 6.07) is 19.3. The number of nitrogens with zero attached hydrogens (tertiary/aromatic N) is 2. The van der Waals surface area contributed by atoms with Crippen LogP contribution in [0.4, 0.5) is 16.2 Å². The van der Waals surface area contributed by atoms with Gasteiger partial charge in [0, 0.05) is 50.6 Å². The third-order valence-electron chi connectivity index (χ3n) is 4.49. The minimum Gasteiger partial charge on any atom is -0.390 e. The minimum absolute atomic E-state index is 0.234. The zero-order valence-electron chi connectivity index (χ0n) is 14.8. The molecule has 0 saturated carbocycles. The van der Waals surface area contributed by atoms with Crippen molar-refractivity contribution >= 4 is 17.4 Å². The topological polar surface area (TPSA) is 67.8 Å². The van der Waals surface area contributed by atoms with E-state index in [1.807, 2.05) is 36.4 Å². The Morgan fingerprint density at radius 2 is 1.58 bits per heavy atom. The van der Waals surface area contributed by atoms with Gasteiger partial charge in [0.15, 0.2) is 0 Å². The van der Waals surface area contributed by atoms with Crippen LogP contribution in [0.25, 0.3) is 0 Å². The Bertz CT molecular complexity index is 673. The minimum atomic E-state index is -0.584. The first-order valence-electron chi connectivity index (χ1n) is 9.01. The number of β-amino-alcohol motifs (C(OH)–C–C–N with tert-alkyl or cyclic N) is 1. The Labute approximate surface area is 154 Å². The van der Waals surface area contributed by atoms with Gasteiger partial charge < -0.3 is 20.6 Å². The molecule has 0 spiro atoms. The molecule has 0 bridgehead atoms. The first kappa shape index (κ1) is 18.2. The molecule has 0 radical (unpaired) electrons. The summed E-state index contributed by atoms with van der Waals surface area (Å²) in [5.41, 5.74) is 1.98. The lowest BCUT2D eigenvalue weighted by molar-refractivity contribution is 0.109. The summed E-state index contributed by atoms with van der Waals surface area (Å²) in [6.07, 6.45) is -0.584. The number of aliphatic hydroxyl groups is 1. The second kappa shape index (κ2) is 9.22. The van der Waals surface area contributed by atoms with E-state index < -0.39 is 6.10 Å². The molecule has 1 fully saturated rings. The van der Waals surface area contributed by atoms with Crippen LogP contribution in [0.1, 0.15) is 0 Å². The Hall–Kier alpha value is -2.57. The fourth-order valence-electron chi connectivity index (χ4n) is 3.10. The van der Waals surface area contributed by atoms with E-state index in [1.165, 1.54) is 5.69 Å². The maximum atomic E-state index is 11.9. The number of anilines is 2. The molecule has 6 heteroatoms. The van der Waals surface area contributed by atoms with Crippen molar-refractivity contribution in [2.45, 2.75) is 6.10 Å². The molecule has 0 aliphatic carbocycles. The van der Waals surface area contributed by atoms with Crippen LogP contribution in [0.5, 0.6) is 0 Å². The summed E-state index contributed by atoms with van der Waals surface area (Å²) >= 11 is 0. The van der Waals surface area contributed by atoms with E-state index in [-0.39, 0.29) is 12.6 Å². The highest BCUT2D eigenvalue weighted by Crippen LogP contribution is 2.15. The van der Waals surface area contributed by atoms with Crippen molar-refractivity contribution in [1.29, 1.82) is 0 Å². The predicted molar refractivity (Wildman–Crippen MR) is 105 cm³/mol. The van der Waals surface area contributed by atoms with Crippen LogP contribution < -0.4 is 15.5 Å². The van der Waals surface area contributed by atoms with Crippen molar-refractivity contribution in [3.8, 4) is 0 Å². The lowest BCUT2D eigenvalue weighted by atomic mass is 10.2. The number of para-hydroxylation sites is 2. The molecule has 0 unspecified atom stereocenters. The van der Waals surface area contributed by atoms with Crippen LogP contribution in [-0.4, -0.2) is 61.4 Å². The number of urea groups is 1. The number of carbonyl (C=O) groups excluding carboxylic acids is 1. The van der Waals surface area contributed by atoms with Crippen LogP contribution in [0, 0.1) is 0 Å². The van der Waals surface area contributed by atoms with Crippen molar-refractivity contribution in [2.75, 3.05) is 49.5 Å². The van der Waals surface area contributed by atoms with Gasteiger partial charge in [-0.25, -0.2) is 4.79 Å². The number of amides is 2. The van der Waals surface area contributed by atoms with E-state index in [1.54, 1.807) is 0 Å². The molecule has 1 atom stereocenters. The molecule has 0 aromatic heterocycles. The smallest absolute Gasteiger partial charge is 0.319 e. The van der Waals surface area contributed by atoms with Gasteiger partial charge in [-0.05, 0) is 24.3 Å². The van der Waals surface area contributed by atoms with Crippen molar-refractivity contribution in [3.05, 3.63) is 60.7 Å². The van der Waals surface area contributed by atoms with Gasteiger partial charge in [-0.2, -0.15) is 0 Å². The standard InChI is InChI=1S/C20H26N4O2/c25-19(15-21-20(26)22-17-7-3-1-4-8-17)16-23-11-13-24(14-12-23)18-9-5-2-6-10-18/h1-10,19,25H,11-16H2,(H2,21,22,26)/t19-/m0/s1. The van der Waals surface area contributed by atoms with Crippen LogP contribution in [0.2, 0.25) is 0 Å². The van der Waals surface area contributed by atoms with Gasteiger partial charge in [-0.3, -0.25) is 4.90 Å².